The van der Waals surface area contributed by atoms with Crippen molar-refractivity contribution in [2.75, 3.05) is 13.7 Å². The molecule has 124 valence electrons. The summed E-state index contributed by atoms with van der Waals surface area (Å²) in [6, 6.07) is 8.44. The lowest BCUT2D eigenvalue weighted by molar-refractivity contribution is -0.152. The van der Waals surface area contributed by atoms with Crippen LogP contribution in [-0.2, 0) is 30.4 Å². The third kappa shape index (κ3) is 4.45. The summed E-state index contributed by atoms with van der Waals surface area (Å²) >= 11 is 0. The molecule has 1 fully saturated rings. The Morgan fingerprint density at radius 1 is 1.30 bits per heavy atom. The van der Waals surface area contributed by atoms with Gasteiger partial charge in [0, 0.05) is 19.4 Å². The first-order valence-electron chi connectivity index (χ1n) is 7.30. The monoisotopic (exact) mass is 321 g/mol. The average molecular weight is 321 g/mol. The molecule has 7 heteroatoms. The van der Waals surface area contributed by atoms with Crippen LogP contribution in [0.5, 0.6) is 0 Å². The predicted octanol–water partition coefficient (Wildman–Crippen LogP) is 1.50. The van der Waals surface area contributed by atoms with Gasteiger partial charge in [0.05, 0.1) is 7.11 Å². The van der Waals surface area contributed by atoms with Crippen molar-refractivity contribution in [3.63, 3.8) is 0 Å². The molecule has 1 aliphatic heterocycles. The van der Waals surface area contributed by atoms with Gasteiger partial charge >= 0.3 is 12.1 Å². The first-order chi connectivity index (χ1) is 11.2. The zero-order valence-electron chi connectivity index (χ0n) is 12.8. The summed E-state index contributed by atoms with van der Waals surface area (Å²) in [6.45, 7) is 0.729. The van der Waals surface area contributed by atoms with E-state index in [1.165, 1.54) is 12.0 Å². The van der Waals surface area contributed by atoms with Gasteiger partial charge in [-0.25, -0.2) is 9.59 Å². The Labute approximate surface area is 134 Å². The SMILES string of the molecule is COC(=O)[C@H]1CC(OC=O)CCN1C(=O)OCc1ccccc1. The van der Waals surface area contributed by atoms with Crippen LogP contribution in [0.25, 0.3) is 0 Å². The quantitative estimate of drug-likeness (QED) is 0.464. The normalized spacial score (nSPS) is 20.5. The zero-order chi connectivity index (χ0) is 16.7. The molecule has 2 atom stereocenters. The van der Waals surface area contributed by atoms with Gasteiger partial charge in [-0.15, -0.1) is 0 Å². The number of carbonyl (C=O) groups is 3. The number of carbonyl (C=O) groups excluding carboxylic acids is 3. The molecule has 23 heavy (non-hydrogen) atoms. The van der Waals surface area contributed by atoms with Crippen molar-refractivity contribution in [2.24, 2.45) is 0 Å². The zero-order valence-corrected chi connectivity index (χ0v) is 12.8. The predicted molar refractivity (Wildman–Crippen MR) is 79.3 cm³/mol. The number of hydrogen-bond donors (Lipinski definition) is 0. The summed E-state index contributed by atoms with van der Waals surface area (Å²) in [4.78, 5) is 35.9. The van der Waals surface area contributed by atoms with E-state index in [1.54, 1.807) is 0 Å². The molecule has 1 amide bonds. The van der Waals surface area contributed by atoms with E-state index in [-0.39, 0.29) is 19.6 Å². The molecule has 0 aliphatic carbocycles. The largest absolute Gasteiger partial charge is 0.467 e. The number of ether oxygens (including phenoxy) is 3. The van der Waals surface area contributed by atoms with Crippen LogP contribution in [0.3, 0.4) is 0 Å². The summed E-state index contributed by atoms with van der Waals surface area (Å²) in [5.74, 6) is -0.555. The van der Waals surface area contributed by atoms with E-state index < -0.39 is 24.2 Å². The molecule has 0 aromatic heterocycles. The average Bonchev–Trinajstić information content (AvgIpc) is 2.60. The standard InChI is InChI=1S/C16H19NO6/c1-21-15(19)14-9-13(23-11-18)7-8-17(14)16(20)22-10-12-5-3-2-4-6-12/h2-6,11,13-14H,7-10H2,1H3/t13?,14-/m1/s1. The van der Waals surface area contributed by atoms with E-state index in [9.17, 15) is 14.4 Å². The minimum Gasteiger partial charge on any atom is -0.467 e. The Kier molecular flexibility index (Phi) is 5.96. The van der Waals surface area contributed by atoms with Crippen LogP contribution >= 0.6 is 0 Å². The highest BCUT2D eigenvalue weighted by Crippen LogP contribution is 2.22. The number of piperidine rings is 1. The van der Waals surface area contributed by atoms with Crippen molar-refractivity contribution in [1.29, 1.82) is 0 Å². The van der Waals surface area contributed by atoms with Gasteiger partial charge in [0.1, 0.15) is 18.8 Å². The van der Waals surface area contributed by atoms with E-state index >= 15 is 0 Å². The van der Waals surface area contributed by atoms with Crippen LogP contribution < -0.4 is 0 Å². The molecule has 0 bridgehead atoms. The third-order valence-corrected chi connectivity index (χ3v) is 3.72. The van der Waals surface area contributed by atoms with Gasteiger partial charge in [0.2, 0.25) is 0 Å². The molecule has 1 heterocycles. The van der Waals surface area contributed by atoms with Crippen LogP contribution in [0.2, 0.25) is 0 Å². The second-order valence-corrected chi connectivity index (χ2v) is 5.15. The van der Waals surface area contributed by atoms with Gasteiger partial charge in [-0.05, 0) is 5.56 Å². The molecular weight excluding hydrogens is 302 g/mol. The maximum absolute atomic E-state index is 12.3. The molecule has 1 saturated heterocycles. The van der Waals surface area contributed by atoms with E-state index in [1.807, 2.05) is 30.3 Å². The lowest BCUT2D eigenvalue weighted by Crippen LogP contribution is -2.52. The van der Waals surface area contributed by atoms with Gasteiger partial charge in [-0.2, -0.15) is 0 Å². The number of likely N-dealkylation sites (tertiary alicyclic amines) is 1. The van der Waals surface area contributed by atoms with E-state index in [4.69, 9.17) is 14.2 Å². The number of amides is 1. The van der Waals surface area contributed by atoms with Crippen LogP contribution in [0.1, 0.15) is 18.4 Å². The van der Waals surface area contributed by atoms with Crippen LogP contribution in [0, 0.1) is 0 Å². The molecule has 1 aromatic rings. The maximum Gasteiger partial charge on any atom is 0.410 e. The minimum absolute atomic E-state index is 0.123. The fourth-order valence-corrected chi connectivity index (χ4v) is 2.52. The Balaban J connectivity index is 1.98. The van der Waals surface area contributed by atoms with Crippen molar-refractivity contribution in [3.8, 4) is 0 Å². The smallest absolute Gasteiger partial charge is 0.410 e. The van der Waals surface area contributed by atoms with Gasteiger partial charge < -0.3 is 14.2 Å². The van der Waals surface area contributed by atoms with Crippen molar-refractivity contribution in [1.82, 2.24) is 4.90 Å². The maximum atomic E-state index is 12.3. The fourth-order valence-electron chi connectivity index (χ4n) is 2.52. The van der Waals surface area contributed by atoms with Crippen LogP contribution in [-0.4, -0.2) is 49.2 Å². The molecule has 0 saturated carbocycles. The number of hydrogen-bond acceptors (Lipinski definition) is 6. The van der Waals surface area contributed by atoms with Gasteiger partial charge in [0.25, 0.3) is 6.47 Å². The lowest BCUT2D eigenvalue weighted by Gasteiger charge is -2.36. The lowest BCUT2D eigenvalue weighted by atomic mass is 10.00. The molecule has 1 aliphatic rings. The summed E-state index contributed by atoms with van der Waals surface area (Å²) < 4.78 is 14.9. The van der Waals surface area contributed by atoms with E-state index in [0.29, 0.717) is 12.9 Å². The Morgan fingerprint density at radius 3 is 2.70 bits per heavy atom. The van der Waals surface area contributed by atoms with Crippen molar-refractivity contribution < 1.29 is 28.6 Å². The number of nitrogens with zero attached hydrogens (tertiary/aromatic N) is 1. The topological polar surface area (TPSA) is 82.1 Å². The number of esters is 1. The minimum atomic E-state index is -0.818. The highest BCUT2D eigenvalue weighted by molar-refractivity contribution is 5.81. The van der Waals surface area contributed by atoms with Gasteiger partial charge in [0.15, 0.2) is 0 Å². The molecule has 0 spiro atoms. The summed E-state index contributed by atoms with van der Waals surface area (Å²) in [5, 5.41) is 0. The van der Waals surface area contributed by atoms with Crippen molar-refractivity contribution in [3.05, 3.63) is 35.9 Å². The van der Waals surface area contributed by atoms with Gasteiger partial charge in [-0.3, -0.25) is 9.69 Å². The third-order valence-electron chi connectivity index (χ3n) is 3.72. The summed E-state index contributed by atoms with van der Waals surface area (Å²) in [6.07, 6.45) is -0.345. The first kappa shape index (κ1) is 16.8. The van der Waals surface area contributed by atoms with E-state index in [0.717, 1.165) is 5.56 Å². The van der Waals surface area contributed by atoms with Crippen molar-refractivity contribution in [2.45, 2.75) is 31.6 Å². The highest BCUT2D eigenvalue weighted by atomic mass is 16.6. The molecule has 2 rings (SSSR count). The molecule has 7 nitrogen and oxygen atoms in total. The molecule has 0 radical (unpaired) electrons. The van der Waals surface area contributed by atoms with Crippen LogP contribution in [0.4, 0.5) is 4.79 Å². The highest BCUT2D eigenvalue weighted by Gasteiger charge is 2.38. The number of benzene rings is 1. The van der Waals surface area contributed by atoms with Crippen LogP contribution in [0.15, 0.2) is 30.3 Å². The summed E-state index contributed by atoms with van der Waals surface area (Å²) in [7, 11) is 1.25. The second-order valence-electron chi connectivity index (χ2n) is 5.15. The Hall–Kier alpha value is -2.57. The van der Waals surface area contributed by atoms with Gasteiger partial charge in [-0.1, -0.05) is 30.3 Å². The Bertz CT molecular complexity index is 547. The number of methoxy groups -OCH3 is 1. The molecule has 1 unspecified atom stereocenters. The van der Waals surface area contributed by atoms with Crippen molar-refractivity contribution >= 4 is 18.5 Å². The van der Waals surface area contributed by atoms with E-state index in [2.05, 4.69) is 0 Å². The first-order valence-corrected chi connectivity index (χ1v) is 7.30. The summed E-state index contributed by atoms with van der Waals surface area (Å²) in [5.41, 5.74) is 0.856. The Morgan fingerprint density at radius 2 is 2.04 bits per heavy atom. The molecular formula is C16H19NO6. The molecule has 0 N–H and O–H groups in total. The fraction of sp³-hybridized carbons (Fsp3) is 0.438. The second kappa shape index (κ2) is 8.17. The molecule has 1 aromatic carbocycles. The number of rotatable bonds is 5.